The van der Waals surface area contributed by atoms with Gasteiger partial charge in [-0.3, -0.25) is 9.88 Å². The maximum absolute atomic E-state index is 5.15. The van der Waals surface area contributed by atoms with E-state index in [1.807, 2.05) is 12.4 Å². The number of H-pyrrole nitrogens is 1. The number of benzene rings is 1. The predicted octanol–water partition coefficient (Wildman–Crippen LogP) is 4.64. The van der Waals surface area contributed by atoms with Crippen molar-refractivity contribution in [1.29, 1.82) is 0 Å². The van der Waals surface area contributed by atoms with Gasteiger partial charge in [0.1, 0.15) is 11.9 Å². The molecule has 4 aromatic rings. The van der Waals surface area contributed by atoms with Crippen LogP contribution in [0.15, 0.2) is 55.1 Å². The van der Waals surface area contributed by atoms with Gasteiger partial charge in [0.15, 0.2) is 0 Å². The molecule has 0 bridgehead atoms. The maximum atomic E-state index is 5.15. The fraction of sp³-hybridized carbons (Fsp3) is 0.280. The van der Waals surface area contributed by atoms with Crippen molar-refractivity contribution < 1.29 is 4.84 Å². The lowest BCUT2D eigenvalue weighted by molar-refractivity contribution is 0.168. The van der Waals surface area contributed by atoms with Crippen LogP contribution in [0.5, 0.6) is 0 Å². The quantitative estimate of drug-likeness (QED) is 0.512. The highest BCUT2D eigenvalue weighted by Gasteiger charge is 2.14. The summed E-state index contributed by atoms with van der Waals surface area (Å²) in [6.45, 7) is 4.15. The Morgan fingerprint density at radius 3 is 2.58 bits per heavy atom. The smallest absolute Gasteiger partial charge is 0.138 e. The summed E-state index contributed by atoms with van der Waals surface area (Å²) < 4.78 is 0. The molecule has 0 spiro atoms. The van der Waals surface area contributed by atoms with Gasteiger partial charge >= 0.3 is 0 Å². The van der Waals surface area contributed by atoms with Gasteiger partial charge in [0.05, 0.1) is 24.0 Å². The molecule has 2 N–H and O–H groups in total. The van der Waals surface area contributed by atoms with E-state index in [4.69, 9.17) is 9.82 Å². The summed E-state index contributed by atoms with van der Waals surface area (Å²) in [6.07, 6.45) is 9.57. The molecule has 3 aromatic heterocycles. The zero-order valence-corrected chi connectivity index (χ0v) is 17.4. The molecule has 1 fully saturated rings. The predicted molar refractivity (Wildman–Crippen MR) is 123 cm³/mol. The van der Waals surface area contributed by atoms with E-state index < -0.39 is 0 Å². The Hall–Kier alpha value is -3.22. The van der Waals surface area contributed by atoms with Crippen LogP contribution in [0.1, 0.15) is 30.5 Å². The van der Waals surface area contributed by atoms with Crippen molar-refractivity contribution in [1.82, 2.24) is 25.3 Å². The van der Waals surface area contributed by atoms with Gasteiger partial charge in [0.2, 0.25) is 0 Å². The number of hydroxylamine groups is 1. The molecule has 0 atom stereocenters. The van der Waals surface area contributed by atoms with Crippen molar-refractivity contribution in [3.63, 3.8) is 0 Å². The SMILES string of the molecule is C1=C(c2cc3c(cn2)[nH]c2ncc(-c4ccc(CN5CCCCC5)cc4)cc23)CNO1. The highest BCUT2D eigenvalue weighted by atomic mass is 16.6. The second kappa shape index (κ2) is 7.80. The van der Waals surface area contributed by atoms with E-state index in [1.54, 1.807) is 6.26 Å². The molecule has 6 nitrogen and oxygen atoms in total. The Labute approximate surface area is 180 Å². The molecule has 0 aliphatic carbocycles. The Kier molecular flexibility index (Phi) is 4.66. The number of hydrogen-bond acceptors (Lipinski definition) is 5. The maximum Gasteiger partial charge on any atom is 0.138 e. The molecule has 5 heterocycles. The molecule has 2 aliphatic rings. The summed E-state index contributed by atoms with van der Waals surface area (Å²) in [5.41, 5.74) is 10.4. The third-order valence-electron chi connectivity index (χ3n) is 6.35. The van der Waals surface area contributed by atoms with Gasteiger partial charge < -0.3 is 9.82 Å². The minimum absolute atomic E-state index is 0.661. The molecule has 0 radical (unpaired) electrons. The number of hydrogen-bond donors (Lipinski definition) is 2. The Morgan fingerprint density at radius 2 is 1.77 bits per heavy atom. The fourth-order valence-electron chi connectivity index (χ4n) is 4.61. The van der Waals surface area contributed by atoms with Crippen molar-refractivity contribution in [3.8, 4) is 11.1 Å². The summed E-state index contributed by atoms with van der Waals surface area (Å²) in [6, 6.07) is 13.3. The van der Waals surface area contributed by atoms with Crippen LogP contribution in [0, 0.1) is 0 Å². The fourth-order valence-corrected chi connectivity index (χ4v) is 4.61. The molecular weight excluding hydrogens is 386 g/mol. The second-order valence-electron chi connectivity index (χ2n) is 8.48. The van der Waals surface area contributed by atoms with Gasteiger partial charge in [-0.15, -0.1) is 0 Å². The van der Waals surface area contributed by atoms with E-state index >= 15 is 0 Å². The first kappa shape index (κ1) is 18.5. The van der Waals surface area contributed by atoms with Crippen LogP contribution in [0.2, 0.25) is 0 Å². The number of nitrogens with one attached hydrogen (secondary N) is 2. The lowest BCUT2D eigenvalue weighted by Gasteiger charge is -2.26. The number of fused-ring (bicyclic) bond motifs is 3. The van der Waals surface area contributed by atoms with Crippen molar-refractivity contribution in [2.45, 2.75) is 25.8 Å². The third-order valence-corrected chi connectivity index (χ3v) is 6.35. The number of piperidine rings is 1. The van der Waals surface area contributed by atoms with Gasteiger partial charge in [-0.2, -0.15) is 5.48 Å². The minimum Gasteiger partial charge on any atom is -0.416 e. The lowest BCUT2D eigenvalue weighted by Crippen LogP contribution is -2.28. The summed E-state index contributed by atoms with van der Waals surface area (Å²) in [4.78, 5) is 20.4. The molecule has 1 saturated heterocycles. The zero-order valence-electron chi connectivity index (χ0n) is 17.4. The van der Waals surface area contributed by atoms with Gasteiger partial charge in [0, 0.05) is 34.7 Å². The number of rotatable bonds is 4. The lowest BCUT2D eigenvalue weighted by atomic mass is 10.0. The van der Waals surface area contributed by atoms with Gasteiger partial charge in [-0.1, -0.05) is 30.7 Å². The molecule has 6 heteroatoms. The molecular formula is C25H25N5O. The minimum atomic E-state index is 0.661. The number of likely N-dealkylation sites (tertiary alicyclic amines) is 1. The van der Waals surface area contributed by atoms with Crippen molar-refractivity contribution in [3.05, 3.63) is 66.3 Å². The molecule has 156 valence electrons. The highest BCUT2D eigenvalue weighted by molar-refractivity contribution is 6.07. The number of pyridine rings is 2. The average molecular weight is 412 g/mol. The van der Waals surface area contributed by atoms with E-state index in [-0.39, 0.29) is 0 Å². The summed E-state index contributed by atoms with van der Waals surface area (Å²) in [5.74, 6) is 0. The Bertz CT molecular complexity index is 1270. The van der Waals surface area contributed by atoms with E-state index in [9.17, 15) is 0 Å². The summed E-state index contributed by atoms with van der Waals surface area (Å²) in [7, 11) is 0. The van der Waals surface area contributed by atoms with Crippen LogP contribution in [0.4, 0.5) is 0 Å². The highest BCUT2D eigenvalue weighted by Crippen LogP contribution is 2.30. The first-order valence-corrected chi connectivity index (χ1v) is 11.0. The molecule has 6 rings (SSSR count). The number of aromatic nitrogens is 3. The second-order valence-corrected chi connectivity index (χ2v) is 8.48. The standard InChI is InChI=1S/C25H25N5O/c1-2-8-30(9-3-1)15-17-4-6-18(7-5-17)19-10-22-21-11-23(20-13-28-31-16-20)26-14-24(21)29-25(22)27-12-19/h4-7,10-12,14,16,28H,1-3,8-9,13,15H2,(H,27,29). The Balaban J connectivity index is 1.32. The topological polar surface area (TPSA) is 66.1 Å². The van der Waals surface area contributed by atoms with E-state index in [1.165, 1.54) is 43.5 Å². The van der Waals surface area contributed by atoms with E-state index in [0.717, 1.165) is 45.3 Å². The van der Waals surface area contributed by atoms with E-state index in [2.05, 4.69) is 56.7 Å². The largest absolute Gasteiger partial charge is 0.416 e. The van der Waals surface area contributed by atoms with Crippen LogP contribution < -0.4 is 5.48 Å². The monoisotopic (exact) mass is 411 g/mol. The van der Waals surface area contributed by atoms with Crippen molar-refractivity contribution in [2.24, 2.45) is 0 Å². The van der Waals surface area contributed by atoms with Crippen LogP contribution in [0.25, 0.3) is 38.6 Å². The number of aromatic amines is 1. The molecule has 0 unspecified atom stereocenters. The molecule has 1 aromatic carbocycles. The molecule has 2 aliphatic heterocycles. The first-order chi connectivity index (χ1) is 15.3. The molecule has 31 heavy (non-hydrogen) atoms. The summed E-state index contributed by atoms with van der Waals surface area (Å²) >= 11 is 0. The zero-order chi connectivity index (χ0) is 20.6. The third kappa shape index (κ3) is 3.58. The van der Waals surface area contributed by atoms with Crippen LogP contribution in [-0.4, -0.2) is 39.5 Å². The van der Waals surface area contributed by atoms with Crippen LogP contribution >= 0.6 is 0 Å². The van der Waals surface area contributed by atoms with E-state index in [0.29, 0.717) is 6.54 Å². The average Bonchev–Trinajstić information content (AvgIpc) is 3.48. The van der Waals surface area contributed by atoms with Crippen LogP contribution in [-0.2, 0) is 11.4 Å². The Morgan fingerprint density at radius 1 is 0.903 bits per heavy atom. The molecule has 0 amide bonds. The molecule has 0 saturated carbocycles. The summed E-state index contributed by atoms with van der Waals surface area (Å²) in [5, 5.41) is 2.24. The van der Waals surface area contributed by atoms with Crippen molar-refractivity contribution >= 4 is 27.5 Å². The van der Waals surface area contributed by atoms with Crippen molar-refractivity contribution in [2.75, 3.05) is 19.6 Å². The van der Waals surface area contributed by atoms with Gasteiger partial charge in [0.25, 0.3) is 0 Å². The number of nitrogens with zero attached hydrogens (tertiary/aromatic N) is 3. The normalized spacial score (nSPS) is 17.2. The van der Waals surface area contributed by atoms with Crippen LogP contribution in [0.3, 0.4) is 0 Å². The van der Waals surface area contributed by atoms with Gasteiger partial charge in [-0.05, 0) is 49.2 Å². The first-order valence-electron chi connectivity index (χ1n) is 11.0. The van der Waals surface area contributed by atoms with Gasteiger partial charge in [-0.25, -0.2) is 4.98 Å².